The number of rotatable bonds is 6. The number of hydrogen-bond acceptors (Lipinski definition) is 5. The quantitative estimate of drug-likeness (QED) is 0.655. The molecule has 120 valence electrons. The zero-order valence-corrected chi connectivity index (χ0v) is 12.8. The van der Waals surface area contributed by atoms with Crippen LogP contribution in [0, 0.1) is 5.82 Å². The highest BCUT2D eigenvalue weighted by Crippen LogP contribution is 2.20. The Bertz CT molecular complexity index is 730. The average molecular weight is 317 g/mol. The van der Waals surface area contributed by atoms with Gasteiger partial charge in [0.05, 0.1) is 18.2 Å². The van der Waals surface area contributed by atoms with Crippen LogP contribution < -0.4 is 10.1 Å². The maximum Gasteiger partial charge on any atom is 0.340 e. The molecule has 2 aromatic carbocycles. The van der Waals surface area contributed by atoms with Gasteiger partial charge in [-0.1, -0.05) is 12.1 Å². The number of para-hydroxylation sites is 1. The van der Waals surface area contributed by atoms with Crippen LogP contribution in [0.4, 0.5) is 10.1 Å². The summed E-state index contributed by atoms with van der Waals surface area (Å²) in [5.41, 5.74) is 0.935. The zero-order valence-electron chi connectivity index (χ0n) is 12.8. The Morgan fingerprint density at radius 1 is 1.13 bits per heavy atom. The molecule has 5 nitrogen and oxygen atoms in total. The fourth-order valence-corrected chi connectivity index (χ4v) is 2.06. The minimum absolute atomic E-state index is 0.0298. The number of benzene rings is 2. The number of ether oxygens (including phenoxy) is 2. The lowest BCUT2D eigenvalue weighted by molar-refractivity contribution is 0.0475. The Hall–Kier alpha value is -2.89. The van der Waals surface area contributed by atoms with Crippen molar-refractivity contribution in [1.29, 1.82) is 0 Å². The Morgan fingerprint density at radius 3 is 2.57 bits per heavy atom. The van der Waals surface area contributed by atoms with Crippen LogP contribution in [0.5, 0.6) is 5.75 Å². The van der Waals surface area contributed by atoms with Crippen molar-refractivity contribution < 1.29 is 23.5 Å². The van der Waals surface area contributed by atoms with E-state index in [9.17, 15) is 14.0 Å². The molecule has 0 aromatic heterocycles. The molecule has 0 unspecified atom stereocenters. The molecule has 0 spiro atoms. The summed E-state index contributed by atoms with van der Waals surface area (Å²) >= 11 is 0. The maximum atomic E-state index is 13.3. The number of methoxy groups -OCH3 is 1. The van der Waals surface area contributed by atoms with E-state index in [1.165, 1.54) is 19.2 Å². The standard InChI is InChI=1S/C17H16FNO4/c1-19-14-6-4-3-5-12(14)17(21)23-10-15(20)13-9-11(18)7-8-16(13)22-2/h3-9,19H,10H2,1-2H3. The molecule has 0 fully saturated rings. The first-order valence-electron chi connectivity index (χ1n) is 6.87. The molecular weight excluding hydrogens is 301 g/mol. The molecule has 1 N–H and O–H groups in total. The molecular formula is C17H16FNO4. The first-order valence-corrected chi connectivity index (χ1v) is 6.87. The van der Waals surface area contributed by atoms with Gasteiger partial charge < -0.3 is 14.8 Å². The van der Waals surface area contributed by atoms with E-state index in [2.05, 4.69) is 5.32 Å². The van der Waals surface area contributed by atoms with E-state index in [1.807, 2.05) is 0 Å². The Morgan fingerprint density at radius 2 is 1.87 bits per heavy atom. The van der Waals surface area contributed by atoms with Gasteiger partial charge in [-0.3, -0.25) is 4.79 Å². The summed E-state index contributed by atoms with van der Waals surface area (Å²) < 4.78 is 23.3. The van der Waals surface area contributed by atoms with Crippen LogP contribution in [-0.2, 0) is 4.74 Å². The molecule has 2 aromatic rings. The second-order valence-electron chi connectivity index (χ2n) is 4.64. The Balaban J connectivity index is 2.10. The normalized spacial score (nSPS) is 10.0. The summed E-state index contributed by atoms with van der Waals surface area (Å²) in [6, 6.07) is 10.3. The fourth-order valence-electron chi connectivity index (χ4n) is 2.06. The number of Topliss-reactive ketones (excluding diaryl/α,β-unsaturated/α-hetero) is 1. The summed E-state index contributed by atoms with van der Waals surface area (Å²) in [6.45, 7) is -0.503. The smallest absolute Gasteiger partial charge is 0.340 e. The number of halogens is 1. The lowest BCUT2D eigenvalue weighted by atomic mass is 10.1. The molecule has 0 atom stereocenters. The van der Waals surface area contributed by atoms with Gasteiger partial charge in [-0.2, -0.15) is 0 Å². The van der Waals surface area contributed by atoms with Crippen molar-refractivity contribution in [1.82, 2.24) is 0 Å². The monoisotopic (exact) mass is 317 g/mol. The second-order valence-corrected chi connectivity index (χ2v) is 4.64. The first kappa shape index (κ1) is 16.5. The van der Waals surface area contributed by atoms with E-state index in [0.717, 1.165) is 6.07 Å². The molecule has 0 amide bonds. The average Bonchev–Trinajstić information content (AvgIpc) is 2.59. The molecule has 0 saturated carbocycles. The molecule has 6 heteroatoms. The van der Waals surface area contributed by atoms with Crippen molar-refractivity contribution in [2.24, 2.45) is 0 Å². The van der Waals surface area contributed by atoms with Gasteiger partial charge in [0.1, 0.15) is 11.6 Å². The third-order valence-corrected chi connectivity index (χ3v) is 3.21. The van der Waals surface area contributed by atoms with Crippen LogP contribution >= 0.6 is 0 Å². The van der Waals surface area contributed by atoms with Crippen molar-refractivity contribution in [3.05, 3.63) is 59.4 Å². The third-order valence-electron chi connectivity index (χ3n) is 3.21. The Labute approximate surface area is 133 Å². The summed E-state index contributed by atoms with van der Waals surface area (Å²) in [7, 11) is 3.05. The number of carbonyl (C=O) groups excluding carboxylic acids is 2. The fraction of sp³-hybridized carbons (Fsp3) is 0.176. The minimum atomic E-state index is -0.640. The molecule has 0 radical (unpaired) electrons. The van der Waals surface area contributed by atoms with Gasteiger partial charge in [0, 0.05) is 12.7 Å². The number of hydrogen-bond donors (Lipinski definition) is 1. The van der Waals surface area contributed by atoms with E-state index in [0.29, 0.717) is 11.3 Å². The summed E-state index contributed by atoms with van der Waals surface area (Å²) in [6.07, 6.45) is 0. The molecule has 0 bridgehead atoms. The largest absolute Gasteiger partial charge is 0.496 e. The number of anilines is 1. The van der Waals surface area contributed by atoms with Gasteiger partial charge in [0.2, 0.25) is 5.78 Å². The Kier molecular flexibility index (Phi) is 5.30. The van der Waals surface area contributed by atoms with E-state index >= 15 is 0 Å². The van der Waals surface area contributed by atoms with Gasteiger partial charge in [-0.15, -0.1) is 0 Å². The van der Waals surface area contributed by atoms with E-state index < -0.39 is 24.2 Å². The van der Waals surface area contributed by atoms with Crippen molar-refractivity contribution in [3.8, 4) is 5.75 Å². The minimum Gasteiger partial charge on any atom is -0.496 e. The lowest BCUT2D eigenvalue weighted by Gasteiger charge is -2.10. The molecule has 2 rings (SSSR count). The molecule has 0 aliphatic carbocycles. The summed E-state index contributed by atoms with van der Waals surface area (Å²) in [5.74, 6) is -1.53. The van der Waals surface area contributed by atoms with Crippen molar-refractivity contribution >= 4 is 17.4 Å². The molecule has 23 heavy (non-hydrogen) atoms. The van der Waals surface area contributed by atoms with Crippen LogP contribution in [-0.4, -0.2) is 32.5 Å². The van der Waals surface area contributed by atoms with Gasteiger partial charge in [0.15, 0.2) is 6.61 Å². The topological polar surface area (TPSA) is 64.6 Å². The number of carbonyl (C=O) groups is 2. The van der Waals surface area contributed by atoms with E-state index in [4.69, 9.17) is 9.47 Å². The highest BCUT2D eigenvalue weighted by atomic mass is 19.1. The van der Waals surface area contributed by atoms with Gasteiger partial charge in [-0.05, 0) is 30.3 Å². The third kappa shape index (κ3) is 3.85. The van der Waals surface area contributed by atoms with Gasteiger partial charge in [0.25, 0.3) is 0 Å². The first-order chi connectivity index (χ1) is 11.1. The van der Waals surface area contributed by atoms with Crippen LogP contribution in [0.1, 0.15) is 20.7 Å². The SMILES string of the molecule is CNc1ccccc1C(=O)OCC(=O)c1cc(F)ccc1OC. The van der Waals surface area contributed by atoms with E-state index in [-0.39, 0.29) is 11.3 Å². The van der Waals surface area contributed by atoms with Crippen LogP contribution in [0.2, 0.25) is 0 Å². The number of nitrogens with one attached hydrogen (secondary N) is 1. The zero-order chi connectivity index (χ0) is 16.8. The van der Waals surface area contributed by atoms with Crippen LogP contribution in [0.15, 0.2) is 42.5 Å². The number of esters is 1. The lowest BCUT2D eigenvalue weighted by Crippen LogP contribution is -2.16. The van der Waals surface area contributed by atoms with Crippen molar-refractivity contribution in [2.75, 3.05) is 26.1 Å². The predicted molar refractivity (Wildman–Crippen MR) is 83.6 cm³/mol. The van der Waals surface area contributed by atoms with Crippen LogP contribution in [0.3, 0.4) is 0 Å². The van der Waals surface area contributed by atoms with Gasteiger partial charge >= 0.3 is 5.97 Å². The second kappa shape index (κ2) is 7.40. The maximum absolute atomic E-state index is 13.3. The van der Waals surface area contributed by atoms with Crippen LogP contribution in [0.25, 0.3) is 0 Å². The molecule has 0 heterocycles. The highest BCUT2D eigenvalue weighted by Gasteiger charge is 2.17. The van der Waals surface area contributed by atoms with E-state index in [1.54, 1.807) is 31.3 Å². The number of ketones is 1. The predicted octanol–water partition coefficient (Wildman–Crippen LogP) is 2.92. The molecule has 0 aliphatic heterocycles. The van der Waals surface area contributed by atoms with Crippen molar-refractivity contribution in [3.63, 3.8) is 0 Å². The highest BCUT2D eigenvalue weighted by molar-refractivity contribution is 6.02. The summed E-state index contributed by atoms with van der Waals surface area (Å²) in [5, 5.41) is 2.87. The summed E-state index contributed by atoms with van der Waals surface area (Å²) in [4.78, 5) is 24.2. The van der Waals surface area contributed by atoms with Gasteiger partial charge in [-0.25, -0.2) is 9.18 Å². The molecule has 0 aliphatic rings. The molecule has 0 saturated heterocycles. The van der Waals surface area contributed by atoms with Crippen molar-refractivity contribution in [2.45, 2.75) is 0 Å².